The lowest BCUT2D eigenvalue weighted by atomic mass is 9.84. The molecular formula is C8H10B2N2. The zero-order valence-corrected chi connectivity index (χ0v) is 7.63. The fourth-order valence-corrected chi connectivity index (χ4v) is 0.884. The maximum Gasteiger partial charge on any atom is 0.141 e. The number of hydrogen-bond acceptors (Lipinski definition) is 2. The number of aromatic nitrogens is 2. The van der Waals surface area contributed by atoms with Crippen LogP contribution in [0.5, 0.6) is 0 Å². The lowest BCUT2D eigenvalue weighted by Crippen LogP contribution is -2.33. The molecule has 0 saturated carbocycles. The second kappa shape index (κ2) is 3.30. The highest BCUT2D eigenvalue weighted by Gasteiger charge is 2.06. The maximum atomic E-state index is 5.60. The van der Waals surface area contributed by atoms with Crippen LogP contribution in [-0.4, -0.2) is 25.7 Å². The molecule has 2 nitrogen and oxygen atoms in total. The largest absolute Gasteiger partial charge is 0.250 e. The van der Waals surface area contributed by atoms with Gasteiger partial charge in [-0.15, -0.1) is 0 Å². The van der Waals surface area contributed by atoms with Crippen molar-refractivity contribution in [2.24, 2.45) is 0 Å². The zero-order chi connectivity index (χ0) is 9.30. The minimum absolute atomic E-state index is 0.284. The molecular weight excluding hydrogens is 146 g/mol. The molecule has 0 aliphatic rings. The Bertz CT molecular complexity index is 274. The van der Waals surface area contributed by atoms with Crippen molar-refractivity contribution >= 4 is 26.7 Å². The Labute approximate surface area is 75.6 Å². The molecule has 0 bridgehead atoms. The van der Waals surface area contributed by atoms with E-state index in [0.29, 0.717) is 11.1 Å². The Morgan fingerprint density at radius 1 is 1.17 bits per heavy atom. The van der Waals surface area contributed by atoms with Gasteiger partial charge in [0.25, 0.3) is 0 Å². The molecule has 0 amide bonds. The summed E-state index contributed by atoms with van der Waals surface area (Å²) >= 11 is 0. The quantitative estimate of drug-likeness (QED) is 0.512. The molecule has 4 radical (unpaired) electrons. The van der Waals surface area contributed by atoms with Crippen LogP contribution in [0.3, 0.4) is 0 Å². The summed E-state index contributed by atoms with van der Waals surface area (Å²) in [7, 11) is 11.2. The third-order valence-electron chi connectivity index (χ3n) is 1.70. The van der Waals surface area contributed by atoms with Gasteiger partial charge in [-0.25, -0.2) is 9.97 Å². The fourth-order valence-electron chi connectivity index (χ4n) is 0.884. The van der Waals surface area contributed by atoms with Crippen LogP contribution >= 0.6 is 0 Å². The predicted molar refractivity (Wildman–Crippen MR) is 51.6 cm³/mol. The molecule has 0 unspecified atom stereocenters. The first-order valence-electron chi connectivity index (χ1n) is 3.92. The number of aryl methyl sites for hydroxylation is 1. The molecule has 58 valence electrons. The van der Waals surface area contributed by atoms with Crippen molar-refractivity contribution in [3.8, 4) is 0 Å². The van der Waals surface area contributed by atoms with E-state index in [-0.39, 0.29) is 5.92 Å². The molecule has 1 aromatic rings. The van der Waals surface area contributed by atoms with Crippen LogP contribution in [0.15, 0.2) is 0 Å². The molecule has 0 aliphatic carbocycles. The SMILES string of the molecule is [B]c1nc(C(C)C)nc(C)c1[B]. The average molecular weight is 156 g/mol. The standard InChI is InChI=1S/C8H10B2N2/c1-4(2)8-11-5(3)6(9)7(10)12-8/h4H,1-3H3. The summed E-state index contributed by atoms with van der Waals surface area (Å²) in [6, 6.07) is 0. The van der Waals surface area contributed by atoms with Gasteiger partial charge >= 0.3 is 0 Å². The van der Waals surface area contributed by atoms with E-state index in [0.717, 1.165) is 11.5 Å². The Morgan fingerprint density at radius 3 is 2.17 bits per heavy atom. The molecule has 0 spiro atoms. The third kappa shape index (κ3) is 1.68. The van der Waals surface area contributed by atoms with Gasteiger partial charge in [-0.3, -0.25) is 0 Å². The number of rotatable bonds is 1. The summed E-state index contributed by atoms with van der Waals surface area (Å²) in [6.07, 6.45) is 0. The van der Waals surface area contributed by atoms with Gasteiger partial charge in [-0.1, -0.05) is 19.3 Å². The van der Waals surface area contributed by atoms with Crippen LogP contribution in [0.2, 0.25) is 0 Å². The zero-order valence-electron chi connectivity index (χ0n) is 7.63. The normalized spacial score (nSPS) is 10.7. The van der Waals surface area contributed by atoms with Crippen LogP contribution in [0.1, 0.15) is 31.3 Å². The van der Waals surface area contributed by atoms with E-state index in [2.05, 4.69) is 9.97 Å². The highest BCUT2D eigenvalue weighted by atomic mass is 14.9. The first-order valence-corrected chi connectivity index (χ1v) is 3.92. The topological polar surface area (TPSA) is 25.8 Å². The molecule has 1 rings (SSSR count). The van der Waals surface area contributed by atoms with Crippen molar-refractivity contribution in [1.29, 1.82) is 0 Å². The monoisotopic (exact) mass is 156 g/mol. The predicted octanol–water partition coefficient (Wildman–Crippen LogP) is -0.504. The first-order chi connectivity index (χ1) is 5.52. The van der Waals surface area contributed by atoms with Gasteiger partial charge in [0.05, 0.1) is 0 Å². The smallest absolute Gasteiger partial charge is 0.141 e. The van der Waals surface area contributed by atoms with Crippen molar-refractivity contribution in [2.45, 2.75) is 26.7 Å². The second-order valence-electron chi connectivity index (χ2n) is 3.12. The summed E-state index contributed by atoms with van der Waals surface area (Å²) in [5, 5.41) is 0. The highest BCUT2D eigenvalue weighted by Crippen LogP contribution is 2.05. The van der Waals surface area contributed by atoms with E-state index < -0.39 is 0 Å². The van der Waals surface area contributed by atoms with E-state index in [4.69, 9.17) is 15.7 Å². The molecule has 12 heavy (non-hydrogen) atoms. The Kier molecular flexibility index (Phi) is 2.55. The number of hydrogen-bond donors (Lipinski definition) is 0. The van der Waals surface area contributed by atoms with Gasteiger partial charge < -0.3 is 0 Å². The Balaban J connectivity index is 3.21. The Hall–Kier alpha value is -0.790. The van der Waals surface area contributed by atoms with Gasteiger partial charge in [0, 0.05) is 11.6 Å². The second-order valence-corrected chi connectivity index (χ2v) is 3.12. The molecule has 0 aromatic carbocycles. The van der Waals surface area contributed by atoms with Gasteiger partial charge in [0.15, 0.2) is 0 Å². The van der Waals surface area contributed by atoms with E-state index in [1.54, 1.807) is 0 Å². The summed E-state index contributed by atoms with van der Waals surface area (Å²) in [4.78, 5) is 8.29. The summed E-state index contributed by atoms with van der Waals surface area (Å²) in [6.45, 7) is 5.87. The van der Waals surface area contributed by atoms with Crippen molar-refractivity contribution in [3.05, 3.63) is 11.5 Å². The molecule has 1 aromatic heterocycles. The maximum absolute atomic E-state index is 5.60. The first kappa shape index (κ1) is 9.30. The summed E-state index contributed by atoms with van der Waals surface area (Å²) < 4.78 is 0. The molecule has 0 aliphatic heterocycles. The van der Waals surface area contributed by atoms with Crippen molar-refractivity contribution < 1.29 is 0 Å². The van der Waals surface area contributed by atoms with Crippen molar-refractivity contribution in [3.63, 3.8) is 0 Å². The fraction of sp³-hybridized carbons (Fsp3) is 0.500. The molecule has 0 atom stereocenters. The summed E-state index contributed by atoms with van der Waals surface area (Å²) in [5.41, 5.74) is 1.62. The lowest BCUT2D eigenvalue weighted by Gasteiger charge is -2.09. The van der Waals surface area contributed by atoms with Gasteiger partial charge in [0.2, 0.25) is 0 Å². The van der Waals surface area contributed by atoms with Gasteiger partial charge in [-0.05, 0) is 12.5 Å². The van der Waals surface area contributed by atoms with E-state index in [1.807, 2.05) is 20.8 Å². The Morgan fingerprint density at radius 2 is 1.75 bits per heavy atom. The van der Waals surface area contributed by atoms with E-state index >= 15 is 0 Å². The lowest BCUT2D eigenvalue weighted by molar-refractivity contribution is 0.774. The molecule has 4 heteroatoms. The molecule has 1 heterocycles. The van der Waals surface area contributed by atoms with Crippen LogP contribution in [0.25, 0.3) is 0 Å². The van der Waals surface area contributed by atoms with Gasteiger partial charge in [0.1, 0.15) is 21.5 Å². The van der Waals surface area contributed by atoms with Crippen molar-refractivity contribution in [1.82, 2.24) is 9.97 Å². The van der Waals surface area contributed by atoms with Crippen LogP contribution in [0, 0.1) is 6.92 Å². The minimum atomic E-state index is 0.284. The van der Waals surface area contributed by atoms with Crippen LogP contribution < -0.4 is 11.1 Å². The van der Waals surface area contributed by atoms with E-state index in [9.17, 15) is 0 Å². The molecule has 0 fully saturated rings. The molecule has 0 saturated heterocycles. The highest BCUT2D eigenvalue weighted by molar-refractivity contribution is 6.47. The minimum Gasteiger partial charge on any atom is -0.250 e. The van der Waals surface area contributed by atoms with Crippen LogP contribution in [0.4, 0.5) is 0 Å². The van der Waals surface area contributed by atoms with Crippen molar-refractivity contribution in [2.75, 3.05) is 0 Å². The number of nitrogens with zero attached hydrogens (tertiary/aromatic N) is 2. The van der Waals surface area contributed by atoms with Gasteiger partial charge in [-0.2, -0.15) is 0 Å². The van der Waals surface area contributed by atoms with E-state index in [1.165, 1.54) is 0 Å². The molecule has 0 N–H and O–H groups in total. The average Bonchev–Trinajstić information content (AvgIpc) is 1.99. The van der Waals surface area contributed by atoms with Crippen LogP contribution in [-0.2, 0) is 0 Å². The third-order valence-corrected chi connectivity index (χ3v) is 1.70. The summed E-state index contributed by atoms with van der Waals surface area (Å²) in [5.74, 6) is 1.03.